The zero-order valence-electron chi connectivity index (χ0n) is 11.0. The van der Waals surface area contributed by atoms with Gasteiger partial charge in [0.1, 0.15) is 0 Å². The van der Waals surface area contributed by atoms with Crippen molar-refractivity contribution in [1.82, 2.24) is 10.6 Å². The number of nitrogens with one attached hydrogen (secondary N) is 3. The molecular formula is C13H19N3O2. The molecule has 0 aliphatic rings. The Bertz CT molecular complexity index is 444. The quantitative estimate of drug-likeness (QED) is 0.726. The highest BCUT2D eigenvalue weighted by atomic mass is 16.2. The van der Waals surface area contributed by atoms with Crippen LogP contribution >= 0.6 is 0 Å². The fourth-order valence-corrected chi connectivity index (χ4v) is 1.61. The van der Waals surface area contributed by atoms with Gasteiger partial charge in [-0.3, -0.25) is 9.59 Å². The van der Waals surface area contributed by atoms with E-state index in [1.807, 2.05) is 27.0 Å². The smallest absolute Gasteiger partial charge is 0.251 e. The highest BCUT2D eigenvalue weighted by molar-refractivity contribution is 5.97. The van der Waals surface area contributed by atoms with Crippen LogP contribution < -0.4 is 16.0 Å². The number of benzene rings is 1. The Morgan fingerprint density at radius 2 is 1.94 bits per heavy atom. The highest BCUT2D eigenvalue weighted by Gasteiger charge is 2.08. The lowest BCUT2D eigenvalue weighted by Crippen LogP contribution is -2.36. The van der Waals surface area contributed by atoms with Crippen LogP contribution in [0.3, 0.4) is 0 Å². The minimum absolute atomic E-state index is 0.000496. The third-order valence-electron chi connectivity index (χ3n) is 2.54. The number of carbonyl (C=O) groups is 2. The number of likely N-dealkylation sites (N-methyl/N-ethyl adjacent to an activating group) is 1. The van der Waals surface area contributed by atoms with Crippen molar-refractivity contribution in [1.29, 1.82) is 0 Å². The van der Waals surface area contributed by atoms with Crippen molar-refractivity contribution in [3.63, 3.8) is 0 Å². The maximum atomic E-state index is 11.8. The summed E-state index contributed by atoms with van der Waals surface area (Å²) < 4.78 is 0. The molecule has 0 atom stereocenters. The van der Waals surface area contributed by atoms with E-state index in [0.717, 1.165) is 11.3 Å². The average Bonchev–Trinajstić information content (AvgIpc) is 2.36. The molecule has 0 bridgehead atoms. The van der Waals surface area contributed by atoms with Crippen LogP contribution in [0.2, 0.25) is 0 Å². The topological polar surface area (TPSA) is 70.2 Å². The molecule has 0 aliphatic carbocycles. The number of carbonyl (C=O) groups excluding carboxylic acids is 2. The molecule has 0 saturated carbocycles. The Hall–Kier alpha value is -2.04. The second-order valence-corrected chi connectivity index (χ2v) is 3.92. The Morgan fingerprint density at radius 3 is 2.50 bits per heavy atom. The van der Waals surface area contributed by atoms with Crippen LogP contribution in [0.1, 0.15) is 22.8 Å². The van der Waals surface area contributed by atoms with Gasteiger partial charge in [-0.25, -0.2) is 0 Å². The van der Waals surface area contributed by atoms with Gasteiger partial charge in [-0.15, -0.1) is 0 Å². The number of anilines is 1. The lowest BCUT2D eigenvalue weighted by Gasteiger charge is -2.08. The molecule has 2 amide bonds. The number of amides is 2. The van der Waals surface area contributed by atoms with Crippen molar-refractivity contribution in [2.75, 3.05) is 25.5 Å². The lowest BCUT2D eigenvalue weighted by molar-refractivity contribution is -0.120. The van der Waals surface area contributed by atoms with Crippen molar-refractivity contribution < 1.29 is 9.59 Å². The van der Waals surface area contributed by atoms with Gasteiger partial charge < -0.3 is 16.0 Å². The van der Waals surface area contributed by atoms with E-state index in [9.17, 15) is 9.59 Å². The summed E-state index contributed by atoms with van der Waals surface area (Å²) in [7, 11) is 1.83. The number of rotatable bonds is 5. The third kappa shape index (κ3) is 3.76. The van der Waals surface area contributed by atoms with E-state index in [4.69, 9.17) is 0 Å². The number of hydrogen-bond acceptors (Lipinski definition) is 3. The SMILES string of the molecule is CCNC(=O)CNC(=O)c1ccc(NC)c(C)c1. The minimum atomic E-state index is -0.244. The molecule has 18 heavy (non-hydrogen) atoms. The number of hydrogen-bond donors (Lipinski definition) is 3. The predicted molar refractivity (Wildman–Crippen MR) is 71.7 cm³/mol. The maximum Gasteiger partial charge on any atom is 0.251 e. The summed E-state index contributed by atoms with van der Waals surface area (Å²) in [5.74, 6) is -0.429. The summed E-state index contributed by atoms with van der Waals surface area (Å²) in [5, 5.41) is 8.23. The highest BCUT2D eigenvalue weighted by Crippen LogP contribution is 2.15. The molecule has 1 aromatic rings. The monoisotopic (exact) mass is 249 g/mol. The standard InChI is InChI=1S/C13H19N3O2/c1-4-15-12(17)8-16-13(18)10-5-6-11(14-3)9(2)7-10/h5-7,14H,4,8H2,1-3H3,(H,15,17)(H,16,18). The maximum absolute atomic E-state index is 11.8. The molecule has 1 rings (SSSR count). The van der Waals surface area contributed by atoms with Crippen molar-refractivity contribution in [2.45, 2.75) is 13.8 Å². The first kappa shape index (κ1) is 14.0. The molecule has 3 N–H and O–H groups in total. The molecule has 0 spiro atoms. The first-order chi connectivity index (χ1) is 8.58. The molecule has 0 saturated heterocycles. The molecule has 0 aliphatic heterocycles. The van der Waals surface area contributed by atoms with Crippen LogP contribution in [0.4, 0.5) is 5.69 Å². The van der Waals surface area contributed by atoms with E-state index < -0.39 is 0 Å². The van der Waals surface area contributed by atoms with Crippen LogP contribution in [0.15, 0.2) is 18.2 Å². The van der Waals surface area contributed by atoms with E-state index in [-0.39, 0.29) is 18.4 Å². The Kier molecular flexibility index (Phi) is 5.17. The van der Waals surface area contributed by atoms with Crippen LogP contribution in [0.25, 0.3) is 0 Å². The van der Waals surface area contributed by atoms with Crippen LogP contribution in [-0.2, 0) is 4.79 Å². The van der Waals surface area contributed by atoms with Gasteiger partial charge in [0.15, 0.2) is 0 Å². The van der Waals surface area contributed by atoms with Crippen molar-refractivity contribution in [3.8, 4) is 0 Å². The molecule has 0 fully saturated rings. The van der Waals surface area contributed by atoms with Crippen molar-refractivity contribution in [2.24, 2.45) is 0 Å². The van der Waals surface area contributed by atoms with Crippen LogP contribution in [-0.4, -0.2) is 32.0 Å². The summed E-state index contributed by atoms with van der Waals surface area (Å²) in [4.78, 5) is 23.0. The van der Waals surface area contributed by atoms with Crippen molar-refractivity contribution >= 4 is 17.5 Å². The second kappa shape index (κ2) is 6.64. The van der Waals surface area contributed by atoms with Gasteiger partial charge in [-0.05, 0) is 37.6 Å². The first-order valence-electron chi connectivity index (χ1n) is 5.91. The van der Waals surface area contributed by atoms with Crippen LogP contribution in [0.5, 0.6) is 0 Å². The van der Waals surface area contributed by atoms with E-state index in [2.05, 4.69) is 16.0 Å². The summed E-state index contributed by atoms with van der Waals surface area (Å²) in [6.45, 7) is 4.32. The zero-order valence-corrected chi connectivity index (χ0v) is 11.0. The van der Waals surface area contributed by atoms with Crippen LogP contribution in [0, 0.1) is 6.92 Å². The van der Waals surface area contributed by atoms with E-state index in [0.29, 0.717) is 12.1 Å². The molecular weight excluding hydrogens is 230 g/mol. The van der Waals surface area contributed by atoms with Gasteiger partial charge in [-0.1, -0.05) is 0 Å². The summed E-state index contributed by atoms with van der Waals surface area (Å²) in [5.41, 5.74) is 2.52. The lowest BCUT2D eigenvalue weighted by atomic mass is 10.1. The molecule has 0 aromatic heterocycles. The minimum Gasteiger partial charge on any atom is -0.388 e. The Labute approximate surface area is 107 Å². The van der Waals surface area contributed by atoms with Gasteiger partial charge in [0.2, 0.25) is 5.91 Å². The Morgan fingerprint density at radius 1 is 1.22 bits per heavy atom. The normalized spacial score (nSPS) is 9.72. The first-order valence-corrected chi connectivity index (χ1v) is 5.91. The molecule has 5 nitrogen and oxygen atoms in total. The molecule has 1 aromatic carbocycles. The summed E-state index contributed by atoms with van der Waals surface area (Å²) >= 11 is 0. The molecule has 0 radical (unpaired) electrons. The summed E-state index contributed by atoms with van der Waals surface area (Å²) in [6.07, 6.45) is 0. The van der Waals surface area contributed by atoms with Gasteiger partial charge in [-0.2, -0.15) is 0 Å². The van der Waals surface area contributed by atoms with Gasteiger partial charge in [0.25, 0.3) is 5.91 Å². The Balaban J connectivity index is 2.62. The average molecular weight is 249 g/mol. The second-order valence-electron chi connectivity index (χ2n) is 3.92. The number of aryl methyl sites for hydroxylation is 1. The summed E-state index contributed by atoms with van der Waals surface area (Å²) in [6, 6.07) is 5.36. The molecule has 0 heterocycles. The zero-order chi connectivity index (χ0) is 13.5. The van der Waals surface area contributed by atoms with Gasteiger partial charge >= 0.3 is 0 Å². The molecule has 0 unspecified atom stereocenters. The predicted octanol–water partition coefficient (Wildman–Crippen LogP) is 0.903. The third-order valence-corrected chi connectivity index (χ3v) is 2.54. The fraction of sp³-hybridized carbons (Fsp3) is 0.385. The van der Waals surface area contributed by atoms with E-state index in [1.165, 1.54) is 0 Å². The largest absolute Gasteiger partial charge is 0.388 e. The fourth-order valence-electron chi connectivity index (χ4n) is 1.61. The molecule has 5 heteroatoms. The van der Waals surface area contributed by atoms with E-state index in [1.54, 1.807) is 12.1 Å². The van der Waals surface area contributed by atoms with Gasteiger partial charge in [0.05, 0.1) is 6.54 Å². The van der Waals surface area contributed by atoms with E-state index >= 15 is 0 Å². The van der Waals surface area contributed by atoms with Crippen molar-refractivity contribution in [3.05, 3.63) is 29.3 Å². The van der Waals surface area contributed by atoms with Gasteiger partial charge in [0, 0.05) is 24.8 Å². The molecule has 98 valence electrons.